The third-order valence-corrected chi connectivity index (χ3v) is 13.1. The normalized spacial score (nSPS) is 14.6. The number of H-pyrrole nitrogens is 2. The lowest BCUT2D eigenvalue weighted by atomic mass is 9.99. The number of hydrogen-bond donors (Lipinski definition) is 4. The first kappa shape index (κ1) is 49.1. The number of methoxy groups -OCH3 is 2. The van der Waals surface area contributed by atoms with E-state index in [4.69, 9.17) is 21.1 Å². The van der Waals surface area contributed by atoms with E-state index in [1.165, 1.54) is 41.8 Å². The Morgan fingerprint density at radius 2 is 1.13 bits per heavy atom. The van der Waals surface area contributed by atoms with Gasteiger partial charge in [-0.2, -0.15) is 0 Å². The number of nitrogens with zero attached hydrogens (tertiary/aromatic N) is 4. The van der Waals surface area contributed by atoms with E-state index in [1.54, 1.807) is 109 Å². The van der Waals surface area contributed by atoms with Gasteiger partial charge in [0.25, 0.3) is 22.9 Å². The number of nitrogens with one attached hydrogen (secondary N) is 4. The van der Waals surface area contributed by atoms with Gasteiger partial charge >= 0.3 is 12.1 Å². The molecular weight excluding hydrogens is 979 g/mol. The topological polar surface area (TPSA) is 193 Å². The minimum absolute atomic E-state index is 0.0432. The molecule has 8 aromatic rings. The lowest BCUT2D eigenvalue weighted by Crippen LogP contribution is -2.30. The van der Waals surface area contributed by atoms with E-state index in [0.29, 0.717) is 67.1 Å². The first-order valence-corrected chi connectivity index (χ1v) is 23.9. The molecule has 16 nitrogen and oxygen atoms in total. The summed E-state index contributed by atoms with van der Waals surface area (Å²) in [6.45, 7) is 1.92. The highest BCUT2D eigenvalue weighted by molar-refractivity contribution is 6.30. The molecule has 2 aromatic heterocycles. The van der Waals surface area contributed by atoms with Crippen LogP contribution in [0.5, 0.6) is 11.5 Å². The number of ether oxygens (including phenoxy) is 2. The van der Waals surface area contributed by atoms with Crippen molar-refractivity contribution in [2.24, 2.45) is 0 Å². The summed E-state index contributed by atoms with van der Waals surface area (Å²) in [6, 6.07) is 38.4. The summed E-state index contributed by atoms with van der Waals surface area (Å²) in [5.41, 5.74) is 5.37. The molecule has 2 aliphatic heterocycles. The van der Waals surface area contributed by atoms with E-state index in [1.807, 2.05) is 31.2 Å². The van der Waals surface area contributed by atoms with E-state index in [2.05, 4.69) is 20.8 Å². The molecule has 2 aliphatic rings. The van der Waals surface area contributed by atoms with Crippen LogP contribution in [0.25, 0.3) is 34.8 Å². The number of urea groups is 2. The summed E-state index contributed by atoms with van der Waals surface area (Å²) in [6.07, 6.45) is 2.97. The average Bonchev–Trinajstić information content (AvgIpc) is 4.08. The van der Waals surface area contributed by atoms with Gasteiger partial charge in [0.15, 0.2) is 0 Å². The fourth-order valence-corrected chi connectivity index (χ4v) is 9.26. The van der Waals surface area contributed by atoms with Crippen molar-refractivity contribution in [1.29, 1.82) is 0 Å². The Kier molecular flexibility index (Phi) is 13.5. The van der Waals surface area contributed by atoms with Gasteiger partial charge in [-0.05, 0) is 114 Å². The van der Waals surface area contributed by atoms with E-state index in [9.17, 15) is 28.8 Å². The number of aryl methyl sites for hydroxylation is 1. The predicted octanol–water partition coefficient (Wildman–Crippen LogP) is 8.80. The molecule has 75 heavy (non-hydrogen) atoms. The maximum absolute atomic E-state index is 15.7. The van der Waals surface area contributed by atoms with Gasteiger partial charge in [0.05, 0.1) is 55.5 Å². The molecular formula is C57H46ClFN8O8. The van der Waals surface area contributed by atoms with Crippen molar-refractivity contribution in [3.8, 4) is 34.1 Å². The first-order chi connectivity index (χ1) is 36.2. The molecule has 0 bridgehead atoms. The summed E-state index contributed by atoms with van der Waals surface area (Å²) in [4.78, 5) is 84.3. The number of amides is 6. The number of carbonyl (C=O) groups is 4. The van der Waals surface area contributed by atoms with Gasteiger partial charge in [0.2, 0.25) is 0 Å². The standard InChI is InChI=1S/C57H46ClFN8O8/c1-33-7-4-8-36(23-33)31-64-55(71)50(61-57(64)73)30-46-51(38-10-6-12-44(28-38)75-3)63-67(53(46)69)41-16-13-34(14-17-41)24-39-25-35(15-22-47(39)59)27-48-45(52(68)66(62-48)42-18-20-43(74-2)21-19-42)29-49-54(70)65(56(72)60-49)32-37-9-5-11-40(58)26-37/h4-23,25-26,28-30,62-63H,24,27,31-32H2,1-3H3,(H,60,72)(H,61,73)/b49-29-,50-30-. The smallest absolute Gasteiger partial charge is 0.329 e. The van der Waals surface area contributed by atoms with Gasteiger partial charge in [-0.15, -0.1) is 0 Å². The van der Waals surface area contributed by atoms with Gasteiger partial charge in [-0.3, -0.25) is 39.2 Å². The zero-order valence-electron chi connectivity index (χ0n) is 40.6. The number of halogens is 2. The van der Waals surface area contributed by atoms with E-state index < -0.39 is 40.8 Å². The molecule has 2 fully saturated rings. The quantitative estimate of drug-likeness (QED) is 0.0578. The third kappa shape index (κ3) is 10.2. The highest BCUT2D eigenvalue weighted by Gasteiger charge is 2.36. The van der Waals surface area contributed by atoms with Crippen LogP contribution < -0.4 is 31.2 Å². The Morgan fingerprint density at radius 1 is 0.560 bits per heavy atom. The zero-order chi connectivity index (χ0) is 52.5. The molecule has 0 aliphatic carbocycles. The van der Waals surface area contributed by atoms with Crippen LogP contribution in [0, 0.1) is 12.7 Å². The largest absolute Gasteiger partial charge is 0.497 e. The van der Waals surface area contributed by atoms with Gasteiger partial charge < -0.3 is 20.1 Å². The minimum atomic E-state index is -0.662. The fraction of sp³-hybridized carbons (Fsp3) is 0.123. The summed E-state index contributed by atoms with van der Waals surface area (Å²) >= 11 is 6.16. The second kappa shape index (κ2) is 20.6. The van der Waals surface area contributed by atoms with E-state index in [0.717, 1.165) is 20.9 Å². The number of carbonyl (C=O) groups excluding carboxylic acids is 4. The Morgan fingerprint density at radius 3 is 1.77 bits per heavy atom. The zero-order valence-corrected chi connectivity index (χ0v) is 41.3. The number of aromatic amines is 2. The third-order valence-electron chi connectivity index (χ3n) is 12.9. The molecule has 18 heteroatoms. The fourth-order valence-electron chi connectivity index (χ4n) is 9.05. The van der Waals surface area contributed by atoms with Crippen molar-refractivity contribution in [1.82, 2.24) is 40.0 Å². The molecule has 376 valence electrons. The van der Waals surface area contributed by atoms with Gasteiger partial charge in [-0.25, -0.2) is 23.3 Å². The Labute approximate surface area is 432 Å². The first-order valence-electron chi connectivity index (χ1n) is 23.6. The minimum Gasteiger partial charge on any atom is -0.497 e. The Bertz CT molecular complexity index is 3780. The number of benzene rings is 6. The molecule has 0 radical (unpaired) electrons. The van der Waals surface area contributed by atoms with Crippen molar-refractivity contribution in [2.75, 3.05) is 14.2 Å². The van der Waals surface area contributed by atoms with Crippen molar-refractivity contribution in [2.45, 2.75) is 32.9 Å². The van der Waals surface area contributed by atoms with Gasteiger partial charge in [0.1, 0.15) is 28.7 Å². The molecule has 4 heterocycles. The summed E-state index contributed by atoms with van der Waals surface area (Å²) in [5.74, 6) is -0.588. The molecule has 6 amide bonds. The number of hydrogen-bond acceptors (Lipinski definition) is 8. The molecule has 0 saturated carbocycles. The lowest BCUT2D eigenvalue weighted by Gasteiger charge is -2.12. The summed E-state index contributed by atoms with van der Waals surface area (Å²) < 4.78 is 29.1. The average molecular weight is 1030 g/mol. The second-order valence-corrected chi connectivity index (χ2v) is 18.4. The monoisotopic (exact) mass is 1020 g/mol. The van der Waals surface area contributed by atoms with Crippen LogP contribution in [0.15, 0.2) is 161 Å². The van der Waals surface area contributed by atoms with Crippen LogP contribution in [0.3, 0.4) is 0 Å². The lowest BCUT2D eigenvalue weighted by molar-refractivity contribution is -0.124. The molecule has 2 saturated heterocycles. The molecule has 4 N–H and O–H groups in total. The molecule has 0 atom stereocenters. The van der Waals surface area contributed by atoms with Crippen molar-refractivity contribution in [3.63, 3.8) is 0 Å². The summed E-state index contributed by atoms with van der Waals surface area (Å²) in [5, 5.41) is 12.1. The van der Waals surface area contributed by atoms with Gasteiger partial charge in [0, 0.05) is 29.1 Å². The van der Waals surface area contributed by atoms with Crippen LogP contribution in [-0.4, -0.2) is 67.5 Å². The Hall–Kier alpha value is -9.48. The van der Waals surface area contributed by atoms with Crippen molar-refractivity contribution < 1.29 is 33.0 Å². The van der Waals surface area contributed by atoms with Gasteiger partial charge in [-0.1, -0.05) is 90.0 Å². The van der Waals surface area contributed by atoms with Crippen LogP contribution in [0.4, 0.5) is 14.0 Å². The van der Waals surface area contributed by atoms with Crippen molar-refractivity contribution in [3.05, 3.63) is 233 Å². The summed E-state index contributed by atoms with van der Waals surface area (Å²) in [7, 11) is 3.05. The highest BCUT2D eigenvalue weighted by Crippen LogP contribution is 2.29. The van der Waals surface area contributed by atoms with Crippen LogP contribution in [-0.2, 0) is 35.5 Å². The maximum Gasteiger partial charge on any atom is 0.329 e. The number of imide groups is 2. The molecule has 10 rings (SSSR count). The SMILES string of the molecule is COc1ccc(-n2[nH]c(Cc3ccc(F)c(Cc4ccc(-n5[nH]c(-c6cccc(OC)c6)c(/C=C6\NC(=O)N(Cc7cccc(C)c7)C6=O)c5=O)cc4)c3)c(/C=C3\NC(=O)N(Cc4cccc(Cl)c4)C3=O)c2=O)cc1. The van der Waals surface area contributed by atoms with E-state index >= 15 is 4.39 Å². The number of rotatable bonds is 15. The van der Waals surface area contributed by atoms with Crippen molar-refractivity contribution >= 4 is 47.6 Å². The second-order valence-electron chi connectivity index (χ2n) is 17.9. The maximum atomic E-state index is 15.7. The molecule has 6 aromatic carbocycles. The molecule has 0 spiro atoms. The number of aromatic nitrogens is 4. The van der Waals surface area contributed by atoms with Crippen LogP contribution in [0.2, 0.25) is 5.02 Å². The highest BCUT2D eigenvalue weighted by atomic mass is 35.5. The molecule has 0 unspecified atom stereocenters. The van der Waals surface area contributed by atoms with Crippen LogP contribution in [0.1, 0.15) is 50.2 Å². The van der Waals surface area contributed by atoms with E-state index in [-0.39, 0.29) is 48.5 Å². The predicted molar refractivity (Wildman–Crippen MR) is 280 cm³/mol. The Balaban J connectivity index is 0.930. The van der Waals surface area contributed by atoms with Crippen LogP contribution >= 0.6 is 11.6 Å².